The van der Waals surface area contributed by atoms with Crippen molar-refractivity contribution < 1.29 is 24.5 Å². The van der Waals surface area contributed by atoms with E-state index in [4.69, 9.17) is 4.74 Å². The average Bonchev–Trinajstić information content (AvgIpc) is 3.11. The number of H-pyrrole nitrogens is 1. The van der Waals surface area contributed by atoms with Crippen molar-refractivity contribution in [3.05, 3.63) is 94.8 Å². The van der Waals surface area contributed by atoms with Gasteiger partial charge in [-0.3, -0.25) is 14.9 Å². The summed E-state index contributed by atoms with van der Waals surface area (Å²) in [5.74, 6) is 0.0247. The Morgan fingerprint density at radius 1 is 0.898 bits per heavy atom. The van der Waals surface area contributed by atoms with Gasteiger partial charge in [0.25, 0.3) is 0 Å². The summed E-state index contributed by atoms with van der Waals surface area (Å²) in [6.45, 7) is 4.01. The summed E-state index contributed by atoms with van der Waals surface area (Å²) in [4.78, 5) is 41.5. The van der Waals surface area contributed by atoms with Crippen LogP contribution in [-0.2, 0) is 9.53 Å². The highest BCUT2D eigenvalue weighted by Crippen LogP contribution is 2.29. The van der Waals surface area contributed by atoms with E-state index in [2.05, 4.69) is 25.8 Å². The molecule has 1 aliphatic rings. The van der Waals surface area contributed by atoms with Crippen LogP contribution in [0.2, 0.25) is 0 Å². The topological polar surface area (TPSA) is 156 Å². The van der Waals surface area contributed by atoms with Crippen molar-refractivity contribution in [3.8, 4) is 16.9 Å². The number of hydrogen-bond donors (Lipinski definition) is 6. The summed E-state index contributed by atoms with van der Waals surface area (Å²) in [6, 6.07) is 23.8. The molecule has 49 heavy (non-hydrogen) atoms. The molecule has 2 amide bonds. The Balaban J connectivity index is 0.881. The van der Waals surface area contributed by atoms with Crippen LogP contribution in [0.15, 0.2) is 83.7 Å². The summed E-state index contributed by atoms with van der Waals surface area (Å²) in [5, 5.41) is 30.5. The predicted octanol–water partition coefficient (Wildman–Crippen LogP) is 5.30. The molecule has 0 spiro atoms. The first-order valence-corrected chi connectivity index (χ1v) is 17.2. The Morgan fingerprint density at radius 3 is 2.43 bits per heavy atom. The molecule has 5 rings (SSSR count). The maximum absolute atomic E-state index is 12.7. The number of unbranched alkanes of at least 4 members (excludes halogenated alkanes) is 3. The first-order valence-electron chi connectivity index (χ1n) is 17.2. The summed E-state index contributed by atoms with van der Waals surface area (Å²) in [6.07, 6.45) is 4.41. The van der Waals surface area contributed by atoms with E-state index >= 15 is 0 Å². The van der Waals surface area contributed by atoms with Gasteiger partial charge in [-0.05, 0) is 61.6 Å². The van der Waals surface area contributed by atoms with Crippen LogP contribution in [0.1, 0.15) is 56.6 Å². The van der Waals surface area contributed by atoms with Crippen molar-refractivity contribution in [2.45, 2.75) is 57.2 Å². The highest BCUT2D eigenvalue weighted by atomic mass is 16.6. The number of rotatable bonds is 16. The molecule has 1 saturated heterocycles. The lowest BCUT2D eigenvalue weighted by molar-refractivity contribution is -0.121. The van der Waals surface area contributed by atoms with Crippen LogP contribution in [0.4, 0.5) is 10.5 Å². The third kappa shape index (κ3) is 10.6. The van der Waals surface area contributed by atoms with Crippen LogP contribution < -0.4 is 21.5 Å². The second kappa shape index (κ2) is 18.2. The fraction of sp³-hybridized carbons (Fsp3) is 0.395. The number of phenols is 1. The predicted molar refractivity (Wildman–Crippen MR) is 192 cm³/mol. The zero-order valence-electron chi connectivity index (χ0n) is 27.8. The Morgan fingerprint density at radius 2 is 1.63 bits per heavy atom. The number of aliphatic hydroxyl groups excluding tert-OH is 1. The van der Waals surface area contributed by atoms with E-state index < -0.39 is 12.2 Å². The number of carbonyl (C=O) groups excluding carboxylic acids is 2. The molecule has 0 radical (unpaired) electrons. The zero-order valence-corrected chi connectivity index (χ0v) is 27.8. The van der Waals surface area contributed by atoms with Crippen LogP contribution in [0, 0.1) is 0 Å². The molecule has 1 aromatic heterocycles. The molecule has 1 fully saturated rings. The molecular weight excluding hydrogens is 622 g/mol. The number of aliphatic hydroxyl groups is 1. The lowest BCUT2D eigenvalue weighted by atomic mass is 10.0. The number of phenolic OH excluding ortho intramolecular Hbond substituents is 1. The van der Waals surface area contributed by atoms with E-state index in [0.717, 1.165) is 69.3 Å². The highest BCUT2D eigenvalue weighted by Gasteiger charge is 2.23. The minimum absolute atomic E-state index is 0.0274. The molecule has 0 saturated carbocycles. The number of benzene rings is 3. The van der Waals surface area contributed by atoms with Gasteiger partial charge >= 0.3 is 6.09 Å². The molecule has 1 unspecified atom stereocenters. The van der Waals surface area contributed by atoms with Gasteiger partial charge in [0.05, 0.1) is 17.3 Å². The monoisotopic (exact) mass is 669 g/mol. The van der Waals surface area contributed by atoms with Crippen LogP contribution in [0.25, 0.3) is 22.0 Å². The molecule has 3 aromatic carbocycles. The van der Waals surface area contributed by atoms with E-state index in [1.165, 1.54) is 12.1 Å². The Labute approximate surface area is 286 Å². The number of amides is 2. The number of hydrogen-bond acceptors (Lipinski definition) is 8. The van der Waals surface area contributed by atoms with Crippen LogP contribution in [0.3, 0.4) is 0 Å². The molecule has 1 atom stereocenters. The van der Waals surface area contributed by atoms with Crippen molar-refractivity contribution in [1.29, 1.82) is 0 Å². The Bertz CT molecular complexity index is 1720. The maximum Gasteiger partial charge on any atom is 0.411 e. The molecule has 6 N–H and O–H groups in total. The number of para-hydroxylation sites is 1. The number of carbonyl (C=O) groups is 2. The first kappa shape index (κ1) is 35.6. The number of aromatic hydroxyl groups is 1. The molecular formula is C38H47N5O6. The second-order valence-electron chi connectivity index (χ2n) is 12.5. The molecule has 0 bridgehead atoms. The first-order chi connectivity index (χ1) is 23.9. The SMILES string of the molecule is O=C(CCN1CCC(OC(=O)Nc2ccccc2-c2ccccc2)CC1)NCCCCCCNCC(O)c1ccc(O)c2[nH]c(=O)ccc12. The van der Waals surface area contributed by atoms with Crippen molar-refractivity contribution >= 4 is 28.6 Å². The van der Waals surface area contributed by atoms with Crippen molar-refractivity contribution in [1.82, 2.24) is 20.5 Å². The van der Waals surface area contributed by atoms with Gasteiger partial charge < -0.3 is 35.5 Å². The van der Waals surface area contributed by atoms with E-state index in [0.29, 0.717) is 48.2 Å². The minimum Gasteiger partial charge on any atom is -0.506 e. The number of piperidine rings is 1. The summed E-state index contributed by atoms with van der Waals surface area (Å²) in [7, 11) is 0. The summed E-state index contributed by atoms with van der Waals surface area (Å²) in [5.41, 5.74) is 3.35. The smallest absolute Gasteiger partial charge is 0.411 e. The molecule has 0 aliphatic carbocycles. The second-order valence-corrected chi connectivity index (χ2v) is 12.5. The number of fused-ring (bicyclic) bond motifs is 1. The molecule has 1 aliphatic heterocycles. The Kier molecular flexibility index (Phi) is 13.2. The normalized spacial score (nSPS) is 14.4. The average molecular weight is 670 g/mol. The third-order valence-corrected chi connectivity index (χ3v) is 8.92. The van der Waals surface area contributed by atoms with Gasteiger partial charge in [-0.1, -0.05) is 67.4 Å². The number of pyridine rings is 1. The number of nitrogens with zero attached hydrogens (tertiary/aromatic N) is 1. The standard InChI is InChI=1S/C38H47N5O6/c44-33-16-14-30(31-15-17-36(47)42-37(31)33)34(45)26-39-21-8-1-2-9-22-40-35(46)20-25-43-23-18-28(19-24-43)49-38(48)41-32-13-7-6-12-29(32)27-10-4-3-5-11-27/h3-7,10-17,28,34,39,44-45H,1-2,8-9,18-26H2,(H,40,46)(H,41,48)(H,42,47). The van der Waals surface area contributed by atoms with E-state index in [1.807, 2.05) is 54.6 Å². The van der Waals surface area contributed by atoms with E-state index in [1.54, 1.807) is 12.1 Å². The number of likely N-dealkylation sites (tertiary alicyclic amines) is 1. The van der Waals surface area contributed by atoms with Gasteiger partial charge in [0, 0.05) is 56.2 Å². The van der Waals surface area contributed by atoms with Crippen LogP contribution in [-0.4, -0.2) is 77.5 Å². The van der Waals surface area contributed by atoms with Crippen molar-refractivity contribution in [3.63, 3.8) is 0 Å². The van der Waals surface area contributed by atoms with Gasteiger partial charge in [-0.15, -0.1) is 0 Å². The lowest BCUT2D eigenvalue weighted by Crippen LogP contribution is -2.40. The third-order valence-electron chi connectivity index (χ3n) is 8.92. The largest absolute Gasteiger partial charge is 0.506 e. The Hall–Kier alpha value is -4.71. The van der Waals surface area contributed by atoms with Gasteiger partial charge in [0.2, 0.25) is 11.5 Å². The number of ether oxygens (including phenoxy) is 1. The van der Waals surface area contributed by atoms with E-state index in [9.17, 15) is 24.6 Å². The molecule has 2 heterocycles. The van der Waals surface area contributed by atoms with Gasteiger partial charge in [0.1, 0.15) is 11.9 Å². The van der Waals surface area contributed by atoms with Crippen LogP contribution >= 0.6 is 0 Å². The molecule has 4 aromatic rings. The lowest BCUT2D eigenvalue weighted by Gasteiger charge is -2.31. The highest BCUT2D eigenvalue weighted by molar-refractivity contribution is 5.91. The van der Waals surface area contributed by atoms with Gasteiger partial charge in [0.15, 0.2) is 0 Å². The number of anilines is 1. The number of aromatic amines is 1. The quantitative estimate of drug-likeness (QED) is 0.0878. The summed E-state index contributed by atoms with van der Waals surface area (Å²) < 4.78 is 5.73. The zero-order chi connectivity index (χ0) is 34.4. The van der Waals surface area contributed by atoms with Crippen molar-refractivity contribution in [2.24, 2.45) is 0 Å². The van der Waals surface area contributed by atoms with Crippen molar-refractivity contribution in [2.75, 3.05) is 44.6 Å². The number of nitrogens with one attached hydrogen (secondary N) is 4. The van der Waals surface area contributed by atoms with Gasteiger partial charge in [-0.2, -0.15) is 0 Å². The molecule has 11 heteroatoms. The van der Waals surface area contributed by atoms with E-state index in [-0.39, 0.29) is 23.3 Å². The van der Waals surface area contributed by atoms with Crippen LogP contribution in [0.5, 0.6) is 5.75 Å². The minimum atomic E-state index is -0.774. The fourth-order valence-electron chi connectivity index (χ4n) is 6.21. The molecule has 260 valence electrons. The molecule has 11 nitrogen and oxygen atoms in total. The summed E-state index contributed by atoms with van der Waals surface area (Å²) >= 11 is 0. The fourth-order valence-corrected chi connectivity index (χ4v) is 6.21. The maximum atomic E-state index is 12.7. The van der Waals surface area contributed by atoms with Gasteiger partial charge in [-0.25, -0.2) is 4.79 Å². The number of aromatic nitrogens is 1.